The summed E-state index contributed by atoms with van der Waals surface area (Å²) in [6.45, 7) is 5.64. The smallest absolute Gasteiger partial charge is 0.146 e. The second-order valence-corrected chi connectivity index (χ2v) is 4.50. The Balaban J connectivity index is 2.03. The fraction of sp³-hybridized carbons (Fsp3) is 0.400. The number of nitrogens with zero attached hydrogens (tertiary/aromatic N) is 2. The highest BCUT2D eigenvalue weighted by Gasteiger charge is 2.05. The van der Waals surface area contributed by atoms with Gasteiger partial charge in [0.05, 0.1) is 0 Å². The van der Waals surface area contributed by atoms with E-state index in [2.05, 4.69) is 40.8 Å². The number of ether oxygens (including phenoxy) is 1. The molecule has 0 aliphatic heterocycles. The Labute approximate surface area is 114 Å². The predicted octanol–water partition coefficient (Wildman–Crippen LogP) is 2.76. The molecule has 0 aliphatic carbocycles. The van der Waals surface area contributed by atoms with E-state index >= 15 is 0 Å². The summed E-state index contributed by atoms with van der Waals surface area (Å²) < 4.78 is 7.90. The number of nitrogens with one attached hydrogen (secondary N) is 1. The van der Waals surface area contributed by atoms with E-state index in [-0.39, 0.29) is 0 Å². The van der Waals surface area contributed by atoms with Crippen molar-refractivity contribution in [1.82, 2.24) is 14.9 Å². The van der Waals surface area contributed by atoms with Gasteiger partial charge in [-0.05, 0) is 38.6 Å². The third-order valence-electron chi connectivity index (χ3n) is 3.30. The van der Waals surface area contributed by atoms with Crippen molar-refractivity contribution in [1.29, 1.82) is 0 Å². The van der Waals surface area contributed by atoms with Gasteiger partial charge in [0.25, 0.3) is 0 Å². The van der Waals surface area contributed by atoms with Gasteiger partial charge in [-0.15, -0.1) is 0 Å². The second kappa shape index (κ2) is 6.38. The lowest BCUT2D eigenvalue weighted by atomic mass is 10.1. The Kier molecular flexibility index (Phi) is 4.58. The molecule has 0 amide bonds. The number of benzene rings is 1. The van der Waals surface area contributed by atoms with Crippen LogP contribution in [0.2, 0.25) is 0 Å². The molecular weight excluding hydrogens is 238 g/mol. The number of aromatic nitrogens is 2. The number of rotatable bonds is 6. The molecule has 1 heterocycles. The monoisotopic (exact) mass is 259 g/mol. The first-order valence-corrected chi connectivity index (χ1v) is 6.64. The first-order valence-electron chi connectivity index (χ1n) is 6.64. The van der Waals surface area contributed by atoms with Crippen molar-refractivity contribution in [3.05, 3.63) is 48.0 Å². The molecule has 102 valence electrons. The fourth-order valence-corrected chi connectivity index (χ4v) is 1.96. The average molecular weight is 259 g/mol. The predicted molar refractivity (Wildman–Crippen MR) is 76.1 cm³/mol. The SMILES string of the molecule is CCn1ccnc1COc1cccc(C(C)NC)c1. The molecule has 1 unspecified atom stereocenters. The molecule has 1 atom stereocenters. The summed E-state index contributed by atoms with van der Waals surface area (Å²) in [7, 11) is 1.95. The standard InChI is InChI=1S/C15H21N3O/c1-4-18-9-8-17-15(18)11-19-14-7-5-6-13(10-14)12(2)16-3/h5-10,12,16H,4,11H2,1-3H3. The van der Waals surface area contributed by atoms with E-state index in [1.54, 1.807) is 0 Å². The Morgan fingerprint density at radius 1 is 1.42 bits per heavy atom. The number of imidazole rings is 1. The van der Waals surface area contributed by atoms with Crippen LogP contribution in [0.1, 0.15) is 31.3 Å². The van der Waals surface area contributed by atoms with Crippen LogP contribution in [0.3, 0.4) is 0 Å². The molecule has 0 fully saturated rings. The Bertz CT molecular complexity index is 522. The highest BCUT2D eigenvalue weighted by molar-refractivity contribution is 5.30. The zero-order valence-corrected chi connectivity index (χ0v) is 11.8. The Hall–Kier alpha value is -1.81. The minimum absolute atomic E-state index is 0.321. The quantitative estimate of drug-likeness (QED) is 0.867. The summed E-state index contributed by atoms with van der Waals surface area (Å²) in [5.74, 6) is 1.83. The van der Waals surface area contributed by atoms with E-state index in [9.17, 15) is 0 Å². The van der Waals surface area contributed by atoms with Crippen LogP contribution in [0.15, 0.2) is 36.7 Å². The molecule has 1 aromatic carbocycles. The summed E-state index contributed by atoms with van der Waals surface area (Å²) in [4.78, 5) is 4.30. The minimum Gasteiger partial charge on any atom is -0.486 e. The maximum Gasteiger partial charge on any atom is 0.146 e. The van der Waals surface area contributed by atoms with E-state index in [0.717, 1.165) is 18.1 Å². The summed E-state index contributed by atoms with van der Waals surface area (Å²) in [6.07, 6.45) is 3.78. The summed E-state index contributed by atoms with van der Waals surface area (Å²) >= 11 is 0. The van der Waals surface area contributed by atoms with Crippen molar-refractivity contribution < 1.29 is 4.74 Å². The van der Waals surface area contributed by atoms with Gasteiger partial charge in [0.1, 0.15) is 18.2 Å². The molecule has 1 aromatic heterocycles. The highest BCUT2D eigenvalue weighted by Crippen LogP contribution is 2.19. The molecule has 19 heavy (non-hydrogen) atoms. The third kappa shape index (κ3) is 3.35. The largest absolute Gasteiger partial charge is 0.486 e. The van der Waals surface area contributed by atoms with Crippen LogP contribution in [-0.2, 0) is 13.2 Å². The average Bonchev–Trinajstić information content (AvgIpc) is 2.92. The van der Waals surface area contributed by atoms with Crippen molar-refractivity contribution in [2.24, 2.45) is 0 Å². The van der Waals surface area contributed by atoms with Crippen molar-refractivity contribution >= 4 is 0 Å². The molecule has 0 aliphatic rings. The van der Waals surface area contributed by atoms with Crippen molar-refractivity contribution in [3.8, 4) is 5.75 Å². The number of hydrogen-bond acceptors (Lipinski definition) is 3. The first kappa shape index (κ1) is 13.6. The first-order chi connectivity index (χ1) is 9.24. The Morgan fingerprint density at radius 2 is 2.26 bits per heavy atom. The molecule has 4 heteroatoms. The lowest BCUT2D eigenvalue weighted by Gasteiger charge is -2.13. The molecule has 2 aromatic rings. The molecule has 0 saturated carbocycles. The summed E-state index contributed by atoms with van der Waals surface area (Å²) in [6, 6.07) is 8.48. The highest BCUT2D eigenvalue weighted by atomic mass is 16.5. The zero-order valence-electron chi connectivity index (χ0n) is 11.8. The van der Waals surface area contributed by atoms with Crippen LogP contribution >= 0.6 is 0 Å². The maximum atomic E-state index is 5.82. The number of hydrogen-bond donors (Lipinski definition) is 1. The minimum atomic E-state index is 0.321. The lowest BCUT2D eigenvalue weighted by molar-refractivity contribution is 0.289. The van der Waals surface area contributed by atoms with Crippen LogP contribution in [-0.4, -0.2) is 16.6 Å². The van der Waals surface area contributed by atoms with Crippen LogP contribution < -0.4 is 10.1 Å². The van der Waals surface area contributed by atoms with Gasteiger partial charge in [0.2, 0.25) is 0 Å². The molecule has 0 radical (unpaired) electrons. The summed E-state index contributed by atoms with van der Waals surface area (Å²) in [5.41, 5.74) is 1.22. The van der Waals surface area contributed by atoms with Gasteiger partial charge < -0.3 is 14.6 Å². The maximum absolute atomic E-state index is 5.82. The van der Waals surface area contributed by atoms with E-state index < -0.39 is 0 Å². The van der Waals surface area contributed by atoms with E-state index in [4.69, 9.17) is 4.74 Å². The summed E-state index contributed by atoms with van der Waals surface area (Å²) in [5, 5.41) is 3.22. The van der Waals surface area contributed by atoms with E-state index in [1.807, 2.05) is 31.6 Å². The fourth-order valence-electron chi connectivity index (χ4n) is 1.96. The molecular formula is C15H21N3O. The van der Waals surface area contributed by atoms with Gasteiger partial charge in [0, 0.05) is 25.0 Å². The van der Waals surface area contributed by atoms with Gasteiger partial charge in [0.15, 0.2) is 0 Å². The second-order valence-electron chi connectivity index (χ2n) is 4.50. The van der Waals surface area contributed by atoms with Crippen LogP contribution in [0, 0.1) is 0 Å². The van der Waals surface area contributed by atoms with Gasteiger partial charge in [-0.25, -0.2) is 4.98 Å². The molecule has 1 N–H and O–H groups in total. The van der Waals surface area contributed by atoms with E-state index in [0.29, 0.717) is 12.6 Å². The normalized spacial score (nSPS) is 12.4. The molecule has 0 bridgehead atoms. The Morgan fingerprint density at radius 3 is 3.00 bits per heavy atom. The van der Waals surface area contributed by atoms with Gasteiger partial charge >= 0.3 is 0 Å². The molecule has 2 rings (SSSR count). The van der Waals surface area contributed by atoms with Crippen LogP contribution in [0.25, 0.3) is 0 Å². The third-order valence-corrected chi connectivity index (χ3v) is 3.30. The van der Waals surface area contributed by atoms with Gasteiger partial charge in [-0.2, -0.15) is 0 Å². The number of aryl methyl sites for hydroxylation is 1. The van der Waals surface area contributed by atoms with Crippen LogP contribution in [0.4, 0.5) is 0 Å². The lowest BCUT2D eigenvalue weighted by Crippen LogP contribution is -2.12. The van der Waals surface area contributed by atoms with Crippen molar-refractivity contribution in [3.63, 3.8) is 0 Å². The zero-order chi connectivity index (χ0) is 13.7. The van der Waals surface area contributed by atoms with E-state index in [1.165, 1.54) is 5.56 Å². The topological polar surface area (TPSA) is 39.1 Å². The van der Waals surface area contributed by atoms with Gasteiger partial charge in [-0.1, -0.05) is 12.1 Å². The molecule has 0 spiro atoms. The van der Waals surface area contributed by atoms with Crippen molar-refractivity contribution in [2.45, 2.75) is 33.0 Å². The molecule has 4 nitrogen and oxygen atoms in total. The van der Waals surface area contributed by atoms with Crippen molar-refractivity contribution in [2.75, 3.05) is 7.05 Å². The van der Waals surface area contributed by atoms with Gasteiger partial charge in [-0.3, -0.25) is 0 Å². The molecule has 0 saturated heterocycles. The van der Waals surface area contributed by atoms with Crippen LogP contribution in [0.5, 0.6) is 5.75 Å².